The molecular weight excluding hydrogens is 260 g/mol. The minimum absolute atomic E-state index is 0.0131. The maximum atomic E-state index is 12.5. The van der Waals surface area contributed by atoms with E-state index in [1.165, 1.54) is 11.8 Å². The number of nitrogens with zero attached hydrogens (tertiary/aromatic N) is 2. The average molecular weight is 276 g/mol. The van der Waals surface area contributed by atoms with Gasteiger partial charge < -0.3 is 10.0 Å². The van der Waals surface area contributed by atoms with Crippen LogP contribution in [0.25, 0.3) is 0 Å². The van der Waals surface area contributed by atoms with E-state index in [0.29, 0.717) is 17.9 Å². The number of rotatable bonds is 4. The van der Waals surface area contributed by atoms with Gasteiger partial charge >= 0.3 is 0 Å². The number of amides is 1. The molecule has 1 N–H and O–H groups in total. The van der Waals surface area contributed by atoms with Gasteiger partial charge in [0.25, 0.3) is 5.91 Å². The molecule has 1 amide bonds. The summed E-state index contributed by atoms with van der Waals surface area (Å²) in [5, 5.41) is 18.0. The molecule has 100 valence electrons. The lowest BCUT2D eigenvalue weighted by Gasteiger charge is -2.24. The molecule has 0 spiro atoms. The Bertz CT molecular complexity index is 498. The van der Waals surface area contributed by atoms with Crippen molar-refractivity contribution in [3.05, 3.63) is 29.8 Å². The minimum atomic E-state index is -0.0680. The third-order valence-corrected chi connectivity index (χ3v) is 4.20. The number of aliphatic hydroxyl groups excluding tert-OH is 1. The van der Waals surface area contributed by atoms with Gasteiger partial charge in [0.05, 0.1) is 30.0 Å². The number of thioether (sulfide) groups is 1. The summed E-state index contributed by atoms with van der Waals surface area (Å²) in [4.78, 5) is 15.1. The molecule has 1 aromatic carbocycles. The van der Waals surface area contributed by atoms with Gasteiger partial charge in [0.1, 0.15) is 0 Å². The molecule has 1 aliphatic rings. The lowest BCUT2D eigenvalue weighted by Crippen LogP contribution is -2.37. The highest BCUT2D eigenvalue weighted by Crippen LogP contribution is 2.26. The minimum Gasteiger partial charge on any atom is -0.394 e. The number of aliphatic hydroxyl groups is 1. The van der Waals surface area contributed by atoms with Gasteiger partial charge in [0.15, 0.2) is 0 Å². The van der Waals surface area contributed by atoms with Crippen molar-refractivity contribution in [3.8, 4) is 6.07 Å². The molecule has 1 saturated heterocycles. The Hall–Kier alpha value is -1.51. The Kier molecular flexibility index (Phi) is 4.83. The Balaban J connectivity index is 2.21. The van der Waals surface area contributed by atoms with E-state index in [0.717, 1.165) is 17.7 Å². The normalized spacial score (nSPS) is 18.3. The van der Waals surface area contributed by atoms with E-state index in [1.807, 2.05) is 18.2 Å². The third-order valence-electron chi connectivity index (χ3n) is 3.26. The van der Waals surface area contributed by atoms with E-state index in [2.05, 4.69) is 6.07 Å². The van der Waals surface area contributed by atoms with Gasteiger partial charge in [-0.2, -0.15) is 5.26 Å². The van der Waals surface area contributed by atoms with E-state index in [9.17, 15) is 9.90 Å². The molecule has 2 rings (SSSR count). The van der Waals surface area contributed by atoms with Crippen LogP contribution < -0.4 is 0 Å². The number of likely N-dealkylation sites (tertiary alicyclic amines) is 1. The molecule has 1 aromatic rings. The summed E-state index contributed by atoms with van der Waals surface area (Å²) in [7, 11) is 0. The first kappa shape index (κ1) is 13.9. The van der Waals surface area contributed by atoms with Crippen molar-refractivity contribution in [3.63, 3.8) is 0 Å². The van der Waals surface area contributed by atoms with Crippen LogP contribution in [0.3, 0.4) is 0 Å². The molecule has 0 aliphatic carbocycles. The van der Waals surface area contributed by atoms with Crippen molar-refractivity contribution in [1.29, 1.82) is 5.26 Å². The highest BCUT2D eigenvalue weighted by atomic mass is 32.2. The highest BCUT2D eigenvalue weighted by Gasteiger charge is 2.29. The molecule has 1 atom stereocenters. The fraction of sp³-hybridized carbons (Fsp3) is 0.429. The Morgan fingerprint density at radius 1 is 1.53 bits per heavy atom. The number of carbonyl (C=O) groups excluding carboxylic acids is 1. The lowest BCUT2D eigenvalue weighted by atomic mass is 10.1. The molecule has 0 radical (unpaired) electrons. The van der Waals surface area contributed by atoms with Crippen LogP contribution in [0.4, 0.5) is 0 Å². The summed E-state index contributed by atoms with van der Waals surface area (Å²) in [5.74, 6) is 0.283. The van der Waals surface area contributed by atoms with Gasteiger partial charge in [0, 0.05) is 11.4 Å². The molecule has 1 fully saturated rings. The second-order valence-corrected chi connectivity index (χ2v) is 5.44. The monoisotopic (exact) mass is 276 g/mol. The van der Waals surface area contributed by atoms with Crippen LogP contribution in [0.2, 0.25) is 0 Å². The maximum absolute atomic E-state index is 12.5. The zero-order valence-corrected chi connectivity index (χ0v) is 11.4. The lowest BCUT2D eigenvalue weighted by molar-refractivity contribution is 0.0674. The molecule has 19 heavy (non-hydrogen) atoms. The summed E-state index contributed by atoms with van der Waals surface area (Å²) < 4.78 is 0. The number of carbonyl (C=O) groups is 1. The zero-order chi connectivity index (χ0) is 13.7. The van der Waals surface area contributed by atoms with E-state index in [-0.39, 0.29) is 18.6 Å². The summed E-state index contributed by atoms with van der Waals surface area (Å²) in [6.45, 7) is 0.709. The molecule has 0 unspecified atom stereocenters. The van der Waals surface area contributed by atoms with Gasteiger partial charge in [-0.15, -0.1) is 11.8 Å². The van der Waals surface area contributed by atoms with Crippen LogP contribution in [0.1, 0.15) is 23.2 Å². The van der Waals surface area contributed by atoms with Crippen molar-refractivity contribution < 1.29 is 9.90 Å². The average Bonchev–Trinajstić information content (AvgIpc) is 2.93. The van der Waals surface area contributed by atoms with Crippen molar-refractivity contribution in [2.24, 2.45) is 0 Å². The van der Waals surface area contributed by atoms with Crippen LogP contribution >= 0.6 is 11.8 Å². The predicted molar refractivity (Wildman–Crippen MR) is 73.9 cm³/mol. The highest BCUT2D eigenvalue weighted by molar-refractivity contribution is 7.99. The van der Waals surface area contributed by atoms with Crippen LogP contribution in [-0.2, 0) is 0 Å². The van der Waals surface area contributed by atoms with Crippen LogP contribution in [-0.4, -0.2) is 40.9 Å². The summed E-state index contributed by atoms with van der Waals surface area (Å²) in [5.41, 5.74) is 0.628. The summed E-state index contributed by atoms with van der Waals surface area (Å²) in [6, 6.07) is 9.34. The largest absolute Gasteiger partial charge is 0.394 e. The number of hydrogen-bond donors (Lipinski definition) is 1. The van der Waals surface area contributed by atoms with E-state index in [1.54, 1.807) is 11.0 Å². The van der Waals surface area contributed by atoms with E-state index < -0.39 is 0 Å². The van der Waals surface area contributed by atoms with Gasteiger partial charge in [-0.05, 0) is 25.0 Å². The first-order chi connectivity index (χ1) is 9.27. The van der Waals surface area contributed by atoms with Crippen molar-refractivity contribution in [1.82, 2.24) is 4.90 Å². The van der Waals surface area contributed by atoms with Gasteiger partial charge in [-0.25, -0.2) is 0 Å². The van der Waals surface area contributed by atoms with Crippen molar-refractivity contribution in [2.75, 3.05) is 18.9 Å². The molecular formula is C14H16N2O2S. The SMILES string of the molecule is N#CCSc1ccccc1C(=O)N1CCC[C@@H]1CO. The zero-order valence-electron chi connectivity index (χ0n) is 10.6. The smallest absolute Gasteiger partial charge is 0.255 e. The van der Waals surface area contributed by atoms with Gasteiger partial charge in [-0.3, -0.25) is 4.79 Å². The molecule has 4 nitrogen and oxygen atoms in total. The third kappa shape index (κ3) is 3.09. The maximum Gasteiger partial charge on any atom is 0.255 e. The second-order valence-electron chi connectivity index (χ2n) is 4.42. The van der Waals surface area contributed by atoms with Crippen LogP contribution in [0.5, 0.6) is 0 Å². The van der Waals surface area contributed by atoms with Crippen LogP contribution in [0, 0.1) is 11.3 Å². The number of nitriles is 1. The molecule has 0 bridgehead atoms. The molecule has 0 aromatic heterocycles. The first-order valence-electron chi connectivity index (χ1n) is 6.28. The number of benzene rings is 1. The molecule has 5 heteroatoms. The molecule has 0 saturated carbocycles. The van der Waals surface area contributed by atoms with E-state index in [4.69, 9.17) is 5.26 Å². The van der Waals surface area contributed by atoms with Crippen LogP contribution in [0.15, 0.2) is 29.2 Å². The summed E-state index contributed by atoms with van der Waals surface area (Å²) in [6.07, 6.45) is 1.79. The summed E-state index contributed by atoms with van der Waals surface area (Å²) >= 11 is 1.37. The van der Waals surface area contributed by atoms with Crippen molar-refractivity contribution in [2.45, 2.75) is 23.8 Å². The molecule has 1 aliphatic heterocycles. The Labute approximate surface area is 117 Å². The fourth-order valence-corrected chi connectivity index (χ4v) is 3.03. The van der Waals surface area contributed by atoms with E-state index >= 15 is 0 Å². The Morgan fingerprint density at radius 3 is 3.05 bits per heavy atom. The second kappa shape index (κ2) is 6.60. The molecule has 1 heterocycles. The van der Waals surface area contributed by atoms with Crippen molar-refractivity contribution >= 4 is 17.7 Å². The topological polar surface area (TPSA) is 64.3 Å². The van der Waals surface area contributed by atoms with Gasteiger partial charge in [0.2, 0.25) is 0 Å². The fourth-order valence-electron chi connectivity index (χ4n) is 2.33. The standard InChI is InChI=1S/C14H16N2O2S/c15-7-9-19-13-6-2-1-5-12(13)14(18)16-8-3-4-11(16)10-17/h1-2,5-6,11,17H,3-4,8-10H2/t11-/m1/s1. The quantitative estimate of drug-likeness (QED) is 0.853. The first-order valence-corrected chi connectivity index (χ1v) is 7.27. The van der Waals surface area contributed by atoms with Gasteiger partial charge in [-0.1, -0.05) is 12.1 Å². The Morgan fingerprint density at radius 2 is 2.32 bits per heavy atom. The number of hydrogen-bond acceptors (Lipinski definition) is 4. The predicted octanol–water partition coefficient (Wildman–Crippen LogP) is 1.90.